The standard InChI is InChI=1S/C14H15NO3S/c1-19(17,18)13-7-5-10(6-8-13)14(16)11-3-2-4-12(15)9-11/h2-9,14,16H,15H2,1H3. The summed E-state index contributed by atoms with van der Waals surface area (Å²) in [7, 11) is -3.22. The zero-order valence-corrected chi connectivity index (χ0v) is 11.3. The molecule has 0 amide bonds. The van der Waals surface area contributed by atoms with E-state index in [-0.39, 0.29) is 4.90 Å². The van der Waals surface area contributed by atoms with E-state index in [1.165, 1.54) is 12.1 Å². The Balaban J connectivity index is 2.32. The Bertz CT molecular complexity index is 678. The highest BCUT2D eigenvalue weighted by Crippen LogP contribution is 2.24. The zero-order valence-electron chi connectivity index (χ0n) is 10.4. The summed E-state index contributed by atoms with van der Waals surface area (Å²) >= 11 is 0. The normalized spacial score (nSPS) is 13.2. The molecule has 0 aliphatic carbocycles. The zero-order chi connectivity index (χ0) is 14.0. The van der Waals surface area contributed by atoms with Crippen molar-refractivity contribution in [2.24, 2.45) is 0 Å². The molecular weight excluding hydrogens is 262 g/mol. The van der Waals surface area contributed by atoms with Gasteiger partial charge in [0.15, 0.2) is 9.84 Å². The SMILES string of the molecule is CS(=O)(=O)c1ccc(C(O)c2cccc(N)c2)cc1. The number of aliphatic hydroxyl groups is 1. The van der Waals surface area contributed by atoms with Crippen molar-refractivity contribution in [1.82, 2.24) is 0 Å². The molecule has 2 aromatic rings. The summed E-state index contributed by atoms with van der Waals surface area (Å²) in [6, 6.07) is 13.1. The van der Waals surface area contributed by atoms with Gasteiger partial charge < -0.3 is 10.8 Å². The lowest BCUT2D eigenvalue weighted by Gasteiger charge is -2.12. The molecule has 2 rings (SSSR count). The number of benzene rings is 2. The molecule has 0 radical (unpaired) electrons. The number of hydrogen-bond donors (Lipinski definition) is 2. The Labute approximate surface area is 112 Å². The molecule has 0 aliphatic heterocycles. The van der Waals surface area contributed by atoms with Gasteiger partial charge in [0.1, 0.15) is 6.10 Å². The lowest BCUT2D eigenvalue weighted by atomic mass is 10.0. The second-order valence-corrected chi connectivity index (χ2v) is 6.43. The summed E-state index contributed by atoms with van der Waals surface area (Å²) in [6.45, 7) is 0. The number of aliphatic hydroxyl groups excluding tert-OH is 1. The van der Waals surface area contributed by atoms with Crippen LogP contribution in [0.5, 0.6) is 0 Å². The van der Waals surface area contributed by atoms with E-state index in [0.29, 0.717) is 16.8 Å². The Morgan fingerprint density at radius 1 is 1.05 bits per heavy atom. The maximum Gasteiger partial charge on any atom is 0.175 e. The highest BCUT2D eigenvalue weighted by Gasteiger charge is 2.12. The molecule has 0 aromatic heterocycles. The molecule has 0 heterocycles. The van der Waals surface area contributed by atoms with Gasteiger partial charge in [0, 0.05) is 11.9 Å². The third kappa shape index (κ3) is 3.13. The van der Waals surface area contributed by atoms with Gasteiger partial charge >= 0.3 is 0 Å². The van der Waals surface area contributed by atoms with E-state index in [9.17, 15) is 13.5 Å². The number of anilines is 1. The molecule has 4 nitrogen and oxygen atoms in total. The van der Waals surface area contributed by atoms with Crippen molar-refractivity contribution >= 4 is 15.5 Å². The van der Waals surface area contributed by atoms with Gasteiger partial charge in [-0.25, -0.2) is 8.42 Å². The van der Waals surface area contributed by atoms with Gasteiger partial charge in [-0.3, -0.25) is 0 Å². The van der Waals surface area contributed by atoms with Crippen molar-refractivity contribution in [1.29, 1.82) is 0 Å². The monoisotopic (exact) mass is 277 g/mol. The first kappa shape index (κ1) is 13.6. The molecule has 0 spiro atoms. The Morgan fingerprint density at radius 2 is 1.68 bits per heavy atom. The molecular formula is C14H15NO3S. The lowest BCUT2D eigenvalue weighted by Crippen LogP contribution is -2.02. The van der Waals surface area contributed by atoms with Crippen LogP contribution in [0.1, 0.15) is 17.2 Å². The van der Waals surface area contributed by atoms with Gasteiger partial charge in [0.25, 0.3) is 0 Å². The number of nitrogens with two attached hydrogens (primary N) is 1. The summed E-state index contributed by atoms with van der Waals surface area (Å²) in [5.74, 6) is 0. The van der Waals surface area contributed by atoms with E-state index in [1.54, 1.807) is 36.4 Å². The molecule has 100 valence electrons. The average molecular weight is 277 g/mol. The van der Waals surface area contributed by atoms with Crippen molar-refractivity contribution in [2.75, 3.05) is 12.0 Å². The molecule has 0 aliphatic rings. The third-order valence-electron chi connectivity index (χ3n) is 2.85. The fourth-order valence-electron chi connectivity index (χ4n) is 1.82. The smallest absolute Gasteiger partial charge is 0.175 e. The number of rotatable bonds is 3. The first-order valence-corrected chi connectivity index (χ1v) is 7.60. The number of nitrogen functional groups attached to an aromatic ring is 1. The molecule has 1 unspecified atom stereocenters. The first-order valence-electron chi connectivity index (χ1n) is 5.71. The topological polar surface area (TPSA) is 80.4 Å². The highest BCUT2D eigenvalue weighted by molar-refractivity contribution is 7.90. The molecule has 0 bridgehead atoms. The van der Waals surface area contributed by atoms with Crippen LogP contribution in [0.25, 0.3) is 0 Å². The van der Waals surface area contributed by atoms with Crippen LogP contribution < -0.4 is 5.73 Å². The minimum atomic E-state index is -3.22. The molecule has 19 heavy (non-hydrogen) atoms. The largest absolute Gasteiger partial charge is 0.399 e. The van der Waals surface area contributed by atoms with E-state index in [2.05, 4.69) is 0 Å². The van der Waals surface area contributed by atoms with E-state index in [1.807, 2.05) is 0 Å². The van der Waals surface area contributed by atoms with Crippen molar-refractivity contribution in [2.45, 2.75) is 11.0 Å². The fraction of sp³-hybridized carbons (Fsp3) is 0.143. The van der Waals surface area contributed by atoms with Crippen molar-refractivity contribution in [3.63, 3.8) is 0 Å². The predicted octanol–water partition coefficient (Wildman–Crippen LogP) is 1.75. The van der Waals surface area contributed by atoms with Gasteiger partial charge in [-0.15, -0.1) is 0 Å². The summed E-state index contributed by atoms with van der Waals surface area (Å²) in [4.78, 5) is 0.232. The maximum absolute atomic E-state index is 11.3. The van der Waals surface area contributed by atoms with Crippen LogP contribution in [0.15, 0.2) is 53.4 Å². The maximum atomic E-state index is 11.3. The summed E-state index contributed by atoms with van der Waals surface area (Å²) < 4.78 is 22.7. The van der Waals surface area contributed by atoms with Gasteiger partial charge in [-0.05, 0) is 35.4 Å². The minimum absolute atomic E-state index is 0.232. The molecule has 1 atom stereocenters. The van der Waals surface area contributed by atoms with Gasteiger partial charge in [-0.2, -0.15) is 0 Å². The van der Waals surface area contributed by atoms with Crippen molar-refractivity contribution in [3.8, 4) is 0 Å². The van der Waals surface area contributed by atoms with Crippen molar-refractivity contribution in [3.05, 3.63) is 59.7 Å². The summed E-state index contributed by atoms with van der Waals surface area (Å²) in [5.41, 5.74) is 7.54. The second-order valence-electron chi connectivity index (χ2n) is 4.41. The van der Waals surface area contributed by atoms with Gasteiger partial charge in [0.2, 0.25) is 0 Å². The number of hydrogen-bond acceptors (Lipinski definition) is 4. The molecule has 0 saturated heterocycles. The van der Waals surface area contributed by atoms with E-state index in [0.717, 1.165) is 6.26 Å². The minimum Gasteiger partial charge on any atom is -0.399 e. The Morgan fingerprint density at radius 3 is 2.21 bits per heavy atom. The second kappa shape index (κ2) is 5.03. The van der Waals surface area contributed by atoms with Crippen LogP contribution in [-0.2, 0) is 9.84 Å². The van der Waals surface area contributed by atoms with Crippen LogP contribution >= 0.6 is 0 Å². The van der Waals surface area contributed by atoms with Crippen LogP contribution in [0.2, 0.25) is 0 Å². The fourth-order valence-corrected chi connectivity index (χ4v) is 2.45. The molecule has 5 heteroatoms. The van der Waals surface area contributed by atoms with Crippen LogP contribution in [0, 0.1) is 0 Å². The van der Waals surface area contributed by atoms with Gasteiger partial charge in [0.05, 0.1) is 4.90 Å². The summed E-state index contributed by atoms with van der Waals surface area (Å²) in [5, 5.41) is 10.2. The quantitative estimate of drug-likeness (QED) is 0.838. The summed E-state index contributed by atoms with van der Waals surface area (Å²) in [6.07, 6.45) is 0.327. The third-order valence-corrected chi connectivity index (χ3v) is 3.98. The molecule has 0 saturated carbocycles. The van der Waals surface area contributed by atoms with Gasteiger partial charge in [-0.1, -0.05) is 24.3 Å². The van der Waals surface area contributed by atoms with Crippen molar-refractivity contribution < 1.29 is 13.5 Å². The van der Waals surface area contributed by atoms with E-state index >= 15 is 0 Å². The molecule has 0 fully saturated rings. The first-order chi connectivity index (χ1) is 8.88. The predicted molar refractivity (Wildman–Crippen MR) is 74.5 cm³/mol. The van der Waals surface area contributed by atoms with Crippen LogP contribution in [-0.4, -0.2) is 19.8 Å². The molecule has 2 aromatic carbocycles. The Hall–Kier alpha value is -1.85. The number of sulfone groups is 1. The van der Waals surface area contributed by atoms with Crippen LogP contribution in [0.4, 0.5) is 5.69 Å². The average Bonchev–Trinajstić information content (AvgIpc) is 2.37. The van der Waals surface area contributed by atoms with Crippen LogP contribution in [0.3, 0.4) is 0 Å². The van der Waals surface area contributed by atoms with E-state index < -0.39 is 15.9 Å². The highest BCUT2D eigenvalue weighted by atomic mass is 32.2. The molecule has 3 N–H and O–H groups in total. The van der Waals surface area contributed by atoms with E-state index in [4.69, 9.17) is 5.73 Å². The Kier molecular flexibility index (Phi) is 3.59. The lowest BCUT2D eigenvalue weighted by molar-refractivity contribution is 0.220.